The van der Waals surface area contributed by atoms with E-state index in [1.54, 1.807) is 6.92 Å². The second kappa shape index (κ2) is 14.0. The molecule has 0 aromatic rings. The number of carbonyl (C=O) groups is 3. The van der Waals surface area contributed by atoms with Crippen LogP contribution in [0.25, 0.3) is 0 Å². The van der Waals surface area contributed by atoms with Crippen LogP contribution in [-0.2, 0) is 23.9 Å². The molecule has 0 amide bonds. The van der Waals surface area contributed by atoms with Crippen molar-refractivity contribution in [2.24, 2.45) is 0 Å². The molecule has 0 saturated carbocycles. The summed E-state index contributed by atoms with van der Waals surface area (Å²) in [6.07, 6.45) is 1.64. The summed E-state index contributed by atoms with van der Waals surface area (Å²) in [7, 11) is 1.31. The minimum Gasteiger partial charge on any atom is -0.469 e. The molecule has 0 bridgehead atoms. The second-order valence-corrected chi connectivity index (χ2v) is 4.23. The van der Waals surface area contributed by atoms with Crippen LogP contribution in [0.1, 0.15) is 52.9 Å². The number of hydrogen-bond acceptors (Lipinski definition) is 6. The fourth-order valence-electron chi connectivity index (χ4n) is 1.23. The topological polar surface area (TPSA) is 89.9 Å². The molecule has 0 saturated heterocycles. The van der Waals surface area contributed by atoms with Gasteiger partial charge in [0.1, 0.15) is 5.78 Å². The molecule has 6 heteroatoms. The molecular weight excluding hydrogens is 264 g/mol. The van der Waals surface area contributed by atoms with Crippen LogP contribution in [0.15, 0.2) is 0 Å². The number of aliphatic hydroxyl groups excluding tert-OH is 1. The predicted octanol–water partition coefficient (Wildman–Crippen LogP) is 1.63. The van der Waals surface area contributed by atoms with Crippen molar-refractivity contribution in [1.82, 2.24) is 0 Å². The van der Waals surface area contributed by atoms with Gasteiger partial charge in [0.15, 0.2) is 0 Å². The molecule has 118 valence electrons. The number of hydrogen-bond donors (Lipinski definition) is 1. The van der Waals surface area contributed by atoms with E-state index in [0.717, 1.165) is 6.42 Å². The van der Waals surface area contributed by atoms with Crippen LogP contribution in [0.5, 0.6) is 0 Å². The molecule has 20 heavy (non-hydrogen) atoms. The van der Waals surface area contributed by atoms with Crippen LogP contribution in [0, 0.1) is 0 Å². The third kappa shape index (κ3) is 16.6. The SMILES string of the molecule is CCCC(O)CC(=O)OCC.COC(=O)CCC(C)=O. The fourth-order valence-corrected chi connectivity index (χ4v) is 1.23. The summed E-state index contributed by atoms with van der Waals surface area (Å²) in [5.74, 6) is -0.626. The van der Waals surface area contributed by atoms with Crippen molar-refractivity contribution < 1.29 is 29.0 Å². The Hall–Kier alpha value is -1.43. The lowest BCUT2D eigenvalue weighted by Crippen LogP contribution is -2.15. The molecule has 0 aromatic carbocycles. The van der Waals surface area contributed by atoms with Crippen LogP contribution in [-0.4, -0.2) is 42.6 Å². The molecule has 1 unspecified atom stereocenters. The van der Waals surface area contributed by atoms with Gasteiger partial charge >= 0.3 is 11.9 Å². The Morgan fingerprint density at radius 3 is 2.10 bits per heavy atom. The van der Waals surface area contributed by atoms with Crippen molar-refractivity contribution in [3.8, 4) is 0 Å². The van der Waals surface area contributed by atoms with Gasteiger partial charge in [0.2, 0.25) is 0 Å². The Labute approximate surface area is 120 Å². The Morgan fingerprint density at radius 1 is 1.10 bits per heavy atom. The zero-order valence-corrected chi connectivity index (χ0v) is 12.8. The van der Waals surface area contributed by atoms with Crippen molar-refractivity contribution in [2.75, 3.05) is 13.7 Å². The van der Waals surface area contributed by atoms with Crippen molar-refractivity contribution in [3.05, 3.63) is 0 Å². The Bertz CT molecular complexity index is 287. The summed E-state index contributed by atoms with van der Waals surface area (Å²) in [4.78, 5) is 31.3. The standard InChI is InChI=1S/C8H16O3.C6H10O3/c1-3-5-7(9)6-8(10)11-4-2;1-5(7)3-4-6(8)9-2/h7,9H,3-6H2,1-2H3;3-4H2,1-2H3. The molecule has 0 radical (unpaired) electrons. The first-order valence-electron chi connectivity index (χ1n) is 6.77. The smallest absolute Gasteiger partial charge is 0.308 e. The maximum Gasteiger partial charge on any atom is 0.308 e. The van der Waals surface area contributed by atoms with Gasteiger partial charge in [-0.25, -0.2) is 0 Å². The van der Waals surface area contributed by atoms with Crippen molar-refractivity contribution in [3.63, 3.8) is 0 Å². The number of aliphatic hydroxyl groups is 1. The number of ketones is 1. The summed E-state index contributed by atoms with van der Waals surface area (Å²) >= 11 is 0. The van der Waals surface area contributed by atoms with Crippen LogP contribution in [0.2, 0.25) is 0 Å². The highest BCUT2D eigenvalue weighted by Crippen LogP contribution is 2.01. The molecule has 6 nitrogen and oxygen atoms in total. The highest BCUT2D eigenvalue weighted by molar-refractivity contribution is 5.80. The zero-order valence-electron chi connectivity index (χ0n) is 12.8. The van der Waals surface area contributed by atoms with E-state index >= 15 is 0 Å². The van der Waals surface area contributed by atoms with Gasteiger partial charge in [0.25, 0.3) is 0 Å². The Kier molecular flexibility index (Phi) is 14.6. The lowest BCUT2D eigenvalue weighted by atomic mass is 10.1. The van der Waals surface area contributed by atoms with E-state index in [1.165, 1.54) is 14.0 Å². The van der Waals surface area contributed by atoms with Gasteiger partial charge in [-0.1, -0.05) is 13.3 Å². The highest BCUT2D eigenvalue weighted by Gasteiger charge is 2.09. The van der Waals surface area contributed by atoms with Gasteiger partial charge in [0, 0.05) is 6.42 Å². The van der Waals surface area contributed by atoms with E-state index in [-0.39, 0.29) is 37.0 Å². The summed E-state index contributed by atoms with van der Waals surface area (Å²) in [5.41, 5.74) is 0. The molecule has 0 rings (SSSR count). The van der Waals surface area contributed by atoms with E-state index < -0.39 is 6.10 Å². The number of ether oxygens (including phenoxy) is 2. The van der Waals surface area contributed by atoms with E-state index in [4.69, 9.17) is 5.11 Å². The fraction of sp³-hybridized carbons (Fsp3) is 0.786. The van der Waals surface area contributed by atoms with E-state index in [2.05, 4.69) is 9.47 Å². The van der Waals surface area contributed by atoms with Gasteiger partial charge < -0.3 is 19.4 Å². The zero-order chi connectivity index (χ0) is 16.0. The van der Waals surface area contributed by atoms with Crippen molar-refractivity contribution >= 4 is 17.7 Å². The van der Waals surface area contributed by atoms with Crippen LogP contribution in [0.4, 0.5) is 0 Å². The second-order valence-electron chi connectivity index (χ2n) is 4.23. The minimum atomic E-state index is -0.529. The molecule has 1 atom stereocenters. The van der Waals surface area contributed by atoms with Crippen LogP contribution in [0.3, 0.4) is 0 Å². The number of Topliss-reactive ketones (excluding diaryl/α,β-unsaturated/α-hetero) is 1. The normalized spacial score (nSPS) is 10.8. The maximum atomic E-state index is 10.7. The van der Waals surface area contributed by atoms with E-state index in [9.17, 15) is 14.4 Å². The summed E-state index contributed by atoms with van der Waals surface area (Å²) in [5, 5.41) is 9.15. The molecular formula is C14H26O6. The molecule has 0 fully saturated rings. The molecule has 0 heterocycles. The highest BCUT2D eigenvalue weighted by atomic mass is 16.5. The van der Waals surface area contributed by atoms with Gasteiger partial charge in [-0.3, -0.25) is 9.59 Å². The quantitative estimate of drug-likeness (QED) is 0.683. The van der Waals surface area contributed by atoms with Gasteiger partial charge in [-0.2, -0.15) is 0 Å². The molecule has 0 aliphatic rings. The first-order chi connectivity index (χ1) is 9.37. The first-order valence-corrected chi connectivity index (χ1v) is 6.77. The van der Waals surface area contributed by atoms with E-state index in [0.29, 0.717) is 13.0 Å². The van der Waals surface area contributed by atoms with Gasteiger partial charge in [-0.05, 0) is 20.3 Å². The largest absolute Gasteiger partial charge is 0.469 e. The minimum absolute atomic E-state index is 0.0143. The lowest BCUT2D eigenvalue weighted by Gasteiger charge is -2.07. The summed E-state index contributed by atoms with van der Waals surface area (Å²) in [6.45, 7) is 5.55. The Balaban J connectivity index is 0. The van der Waals surface area contributed by atoms with Crippen molar-refractivity contribution in [2.45, 2.75) is 59.0 Å². The third-order valence-corrected chi connectivity index (χ3v) is 2.24. The average molecular weight is 290 g/mol. The molecule has 1 N–H and O–H groups in total. The number of esters is 2. The maximum absolute atomic E-state index is 10.7. The number of methoxy groups -OCH3 is 1. The van der Waals surface area contributed by atoms with Crippen LogP contribution >= 0.6 is 0 Å². The first kappa shape index (κ1) is 20.9. The van der Waals surface area contributed by atoms with Gasteiger partial charge in [0.05, 0.1) is 32.7 Å². The lowest BCUT2D eigenvalue weighted by molar-refractivity contribution is -0.145. The van der Waals surface area contributed by atoms with Crippen LogP contribution < -0.4 is 0 Å². The Morgan fingerprint density at radius 2 is 1.70 bits per heavy atom. The average Bonchev–Trinajstić information content (AvgIpc) is 2.37. The molecule has 0 aromatic heterocycles. The third-order valence-electron chi connectivity index (χ3n) is 2.24. The van der Waals surface area contributed by atoms with Crippen molar-refractivity contribution in [1.29, 1.82) is 0 Å². The molecule has 0 aliphatic heterocycles. The molecule has 0 aliphatic carbocycles. The number of rotatable bonds is 8. The predicted molar refractivity (Wildman–Crippen MR) is 74.1 cm³/mol. The monoisotopic (exact) mass is 290 g/mol. The number of carbonyl (C=O) groups excluding carboxylic acids is 3. The van der Waals surface area contributed by atoms with Gasteiger partial charge in [-0.15, -0.1) is 0 Å². The summed E-state index contributed by atoms with van der Waals surface area (Å²) in [6, 6.07) is 0. The molecule has 0 spiro atoms. The van der Waals surface area contributed by atoms with E-state index in [1.807, 2.05) is 6.92 Å². The summed E-state index contributed by atoms with van der Waals surface area (Å²) < 4.78 is 8.97.